The quantitative estimate of drug-likeness (QED) is 0.764. The summed E-state index contributed by atoms with van der Waals surface area (Å²) in [6.45, 7) is 3.05. The van der Waals surface area contributed by atoms with Crippen molar-refractivity contribution in [2.75, 3.05) is 31.6 Å². The highest BCUT2D eigenvalue weighted by atomic mass is 16.3. The summed E-state index contributed by atoms with van der Waals surface area (Å²) in [7, 11) is 0. The van der Waals surface area contributed by atoms with E-state index >= 15 is 0 Å². The number of carbonyl (C=O) groups excluding carboxylic acids is 2. The van der Waals surface area contributed by atoms with Crippen LogP contribution in [-0.4, -0.2) is 53.0 Å². The topological polar surface area (TPSA) is 72.9 Å². The van der Waals surface area contributed by atoms with Crippen LogP contribution in [0.3, 0.4) is 0 Å². The predicted octanol–water partition coefficient (Wildman–Crippen LogP) is 0.939. The number of nitrogens with one attached hydrogen (secondary N) is 1. The van der Waals surface area contributed by atoms with Gasteiger partial charge in [-0.2, -0.15) is 0 Å². The fourth-order valence-corrected chi connectivity index (χ4v) is 2.96. The van der Waals surface area contributed by atoms with E-state index in [1.807, 2.05) is 24.3 Å². The van der Waals surface area contributed by atoms with Gasteiger partial charge in [0, 0.05) is 18.3 Å². The second-order valence-corrected chi connectivity index (χ2v) is 5.88. The molecule has 6 nitrogen and oxygen atoms in total. The monoisotopic (exact) mass is 315 g/mol. The van der Waals surface area contributed by atoms with Crippen molar-refractivity contribution in [2.45, 2.75) is 19.4 Å². The second kappa shape index (κ2) is 6.93. The molecule has 1 aromatic rings. The molecule has 2 aliphatic heterocycles. The molecule has 0 aliphatic carbocycles. The van der Waals surface area contributed by atoms with Crippen LogP contribution >= 0.6 is 0 Å². The van der Waals surface area contributed by atoms with E-state index in [0.29, 0.717) is 0 Å². The number of hydrogen-bond donors (Lipinski definition) is 2. The molecule has 3 rings (SSSR count). The first-order valence-corrected chi connectivity index (χ1v) is 7.94. The molecule has 1 fully saturated rings. The first kappa shape index (κ1) is 15.7. The van der Waals surface area contributed by atoms with Crippen molar-refractivity contribution in [3.8, 4) is 0 Å². The summed E-state index contributed by atoms with van der Waals surface area (Å²) in [4.78, 5) is 27.2. The highest BCUT2D eigenvalue weighted by Crippen LogP contribution is 2.19. The van der Waals surface area contributed by atoms with Gasteiger partial charge in [-0.05, 0) is 43.6 Å². The largest absolute Gasteiger partial charge is 0.395 e. The maximum Gasteiger partial charge on any atom is 0.277 e. The van der Waals surface area contributed by atoms with Crippen molar-refractivity contribution in [3.63, 3.8) is 0 Å². The molecule has 6 heteroatoms. The summed E-state index contributed by atoms with van der Waals surface area (Å²) in [6, 6.07) is 7.90. The summed E-state index contributed by atoms with van der Waals surface area (Å²) in [6.07, 6.45) is 3.82. The molecular formula is C17H21N3O3. The minimum Gasteiger partial charge on any atom is -0.395 e. The Morgan fingerprint density at radius 2 is 1.78 bits per heavy atom. The molecule has 0 unspecified atom stereocenters. The summed E-state index contributed by atoms with van der Waals surface area (Å²) in [5, 5.41) is 11.9. The SMILES string of the molecule is O=C1C=C(Nc2ccc(CN3CCCC3)cc2)C(=O)N1CCO. The standard InChI is InChI=1S/C17H21N3O3/c21-10-9-20-16(22)11-15(17(20)23)18-14-5-3-13(4-6-14)12-19-7-1-2-8-19/h3-6,11,18,21H,1-2,7-10,12H2. The number of β-amino-alcohol motifs (C(OH)–C–C–N with tert-alkyl or cyclic N) is 1. The van der Waals surface area contributed by atoms with Crippen LogP contribution in [0.25, 0.3) is 0 Å². The third-order valence-electron chi connectivity index (χ3n) is 4.17. The summed E-state index contributed by atoms with van der Waals surface area (Å²) < 4.78 is 0. The molecule has 2 aliphatic rings. The Hall–Kier alpha value is -2.18. The molecule has 23 heavy (non-hydrogen) atoms. The van der Waals surface area contributed by atoms with Crippen LogP contribution in [0.4, 0.5) is 5.69 Å². The number of aliphatic hydroxyl groups is 1. The van der Waals surface area contributed by atoms with Crippen LogP contribution < -0.4 is 5.32 Å². The summed E-state index contributed by atoms with van der Waals surface area (Å²) in [5.41, 5.74) is 2.26. The van der Waals surface area contributed by atoms with Crippen molar-refractivity contribution in [2.24, 2.45) is 0 Å². The lowest BCUT2D eigenvalue weighted by Crippen LogP contribution is -2.34. The van der Waals surface area contributed by atoms with E-state index < -0.39 is 11.8 Å². The Kier molecular flexibility index (Phi) is 4.73. The van der Waals surface area contributed by atoms with Gasteiger partial charge in [-0.1, -0.05) is 12.1 Å². The van der Waals surface area contributed by atoms with Crippen molar-refractivity contribution < 1.29 is 14.7 Å². The Morgan fingerprint density at radius 1 is 1.09 bits per heavy atom. The van der Waals surface area contributed by atoms with Gasteiger partial charge in [-0.25, -0.2) is 0 Å². The highest BCUT2D eigenvalue weighted by molar-refractivity contribution is 6.17. The molecule has 122 valence electrons. The number of amides is 2. The molecule has 2 N–H and O–H groups in total. The minimum absolute atomic E-state index is 0.0219. The third-order valence-corrected chi connectivity index (χ3v) is 4.17. The van der Waals surface area contributed by atoms with Gasteiger partial charge in [-0.15, -0.1) is 0 Å². The van der Waals surface area contributed by atoms with Crippen LogP contribution in [0.5, 0.6) is 0 Å². The Labute approximate surface area is 135 Å². The van der Waals surface area contributed by atoms with Crippen molar-refractivity contribution in [3.05, 3.63) is 41.6 Å². The average molecular weight is 315 g/mol. The number of imide groups is 1. The van der Waals surface area contributed by atoms with E-state index in [0.717, 1.165) is 30.2 Å². The van der Waals surface area contributed by atoms with E-state index in [4.69, 9.17) is 5.11 Å². The van der Waals surface area contributed by atoms with Crippen molar-refractivity contribution in [1.82, 2.24) is 9.80 Å². The zero-order valence-corrected chi connectivity index (χ0v) is 13.0. The number of hydrogen-bond acceptors (Lipinski definition) is 5. The number of aliphatic hydroxyl groups excluding tert-OH is 1. The van der Waals surface area contributed by atoms with Crippen molar-refractivity contribution >= 4 is 17.5 Å². The van der Waals surface area contributed by atoms with Crippen LogP contribution in [-0.2, 0) is 16.1 Å². The number of rotatable bonds is 6. The number of carbonyl (C=O) groups is 2. The van der Waals surface area contributed by atoms with Gasteiger partial charge in [0.25, 0.3) is 11.8 Å². The Morgan fingerprint density at radius 3 is 2.43 bits per heavy atom. The lowest BCUT2D eigenvalue weighted by Gasteiger charge is -2.15. The Balaban J connectivity index is 1.61. The fourth-order valence-electron chi connectivity index (χ4n) is 2.96. The highest BCUT2D eigenvalue weighted by Gasteiger charge is 2.30. The predicted molar refractivity (Wildman–Crippen MR) is 86.5 cm³/mol. The van der Waals surface area contributed by atoms with Gasteiger partial charge < -0.3 is 10.4 Å². The van der Waals surface area contributed by atoms with Gasteiger partial charge >= 0.3 is 0 Å². The molecule has 1 aromatic carbocycles. The van der Waals surface area contributed by atoms with E-state index in [1.165, 1.54) is 24.5 Å². The van der Waals surface area contributed by atoms with Gasteiger partial charge in [0.15, 0.2) is 0 Å². The molecule has 0 spiro atoms. The molecule has 2 heterocycles. The average Bonchev–Trinajstić information content (AvgIpc) is 3.14. The summed E-state index contributed by atoms with van der Waals surface area (Å²) in [5.74, 6) is -0.789. The molecule has 0 radical (unpaired) electrons. The van der Waals surface area contributed by atoms with Gasteiger partial charge in [-0.3, -0.25) is 19.4 Å². The fraction of sp³-hybridized carbons (Fsp3) is 0.412. The molecule has 2 amide bonds. The van der Waals surface area contributed by atoms with Crippen LogP contribution in [0, 0.1) is 0 Å². The molecule has 1 saturated heterocycles. The third kappa shape index (κ3) is 3.60. The smallest absolute Gasteiger partial charge is 0.277 e. The maximum absolute atomic E-state index is 12.1. The number of anilines is 1. The van der Waals surface area contributed by atoms with Gasteiger partial charge in [0.1, 0.15) is 5.70 Å². The Bertz CT molecular complexity index is 618. The van der Waals surface area contributed by atoms with Crippen LogP contribution in [0.15, 0.2) is 36.0 Å². The molecule has 0 atom stereocenters. The number of nitrogens with zero attached hydrogens (tertiary/aromatic N) is 2. The molecular weight excluding hydrogens is 294 g/mol. The zero-order valence-electron chi connectivity index (χ0n) is 13.0. The minimum atomic E-state index is -0.398. The summed E-state index contributed by atoms with van der Waals surface area (Å²) >= 11 is 0. The first-order chi connectivity index (χ1) is 11.2. The number of likely N-dealkylation sites (tertiary alicyclic amines) is 1. The lowest BCUT2D eigenvalue weighted by molar-refractivity contribution is -0.137. The second-order valence-electron chi connectivity index (χ2n) is 5.88. The molecule has 0 saturated carbocycles. The van der Waals surface area contributed by atoms with Crippen LogP contribution in [0.1, 0.15) is 18.4 Å². The first-order valence-electron chi connectivity index (χ1n) is 7.94. The molecule has 0 aromatic heterocycles. The molecule has 0 bridgehead atoms. The van der Waals surface area contributed by atoms with E-state index in [2.05, 4.69) is 10.2 Å². The van der Waals surface area contributed by atoms with Crippen molar-refractivity contribution in [1.29, 1.82) is 0 Å². The van der Waals surface area contributed by atoms with Gasteiger partial charge in [0.2, 0.25) is 0 Å². The lowest BCUT2D eigenvalue weighted by atomic mass is 10.2. The van der Waals surface area contributed by atoms with Crippen LogP contribution in [0.2, 0.25) is 0 Å². The zero-order chi connectivity index (χ0) is 16.2. The maximum atomic E-state index is 12.1. The number of benzene rings is 1. The van der Waals surface area contributed by atoms with E-state index in [1.54, 1.807) is 0 Å². The van der Waals surface area contributed by atoms with E-state index in [-0.39, 0.29) is 18.8 Å². The normalized spacial score (nSPS) is 18.7. The van der Waals surface area contributed by atoms with E-state index in [9.17, 15) is 9.59 Å². The van der Waals surface area contributed by atoms with Gasteiger partial charge in [0.05, 0.1) is 13.2 Å².